The second-order valence-corrected chi connectivity index (χ2v) is 8.24. The first-order valence-corrected chi connectivity index (χ1v) is 8.82. The standard InChI is InChI=1S/C18H30O4/c1-12(5-6-14-17(2,3)21-14)8-10-20-16(19)13-7-9-18(4)15(11-13)22-18/h12-15H,5-11H2,1-4H3. The Hall–Kier alpha value is -0.610. The molecule has 5 atom stereocenters. The Balaban J connectivity index is 1.27. The normalized spacial score (nSPS) is 39.7. The SMILES string of the molecule is CC(CCOC(=O)C1CCC2(C)OC2C1)CCC1OC1(C)C. The molecule has 0 N–H and O–H groups in total. The molecule has 0 bridgehead atoms. The average molecular weight is 310 g/mol. The maximum Gasteiger partial charge on any atom is 0.309 e. The maximum atomic E-state index is 12.1. The summed E-state index contributed by atoms with van der Waals surface area (Å²) in [6, 6.07) is 0. The van der Waals surface area contributed by atoms with Crippen molar-refractivity contribution < 1.29 is 19.0 Å². The Kier molecular flexibility index (Phi) is 4.28. The summed E-state index contributed by atoms with van der Waals surface area (Å²) in [5.41, 5.74) is 0.163. The molecular weight excluding hydrogens is 280 g/mol. The quantitative estimate of drug-likeness (QED) is 0.534. The van der Waals surface area contributed by atoms with Crippen LogP contribution in [0, 0.1) is 11.8 Å². The summed E-state index contributed by atoms with van der Waals surface area (Å²) in [6.45, 7) is 9.21. The fourth-order valence-electron chi connectivity index (χ4n) is 3.66. The highest BCUT2D eigenvalue weighted by atomic mass is 16.6. The van der Waals surface area contributed by atoms with Gasteiger partial charge in [0.25, 0.3) is 0 Å². The number of ether oxygens (including phenoxy) is 3. The van der Waals surface area contributed by atoms with Gasteiger partial charge in [0.05, 0.1) is 35.9 Å². The fraction of sp³-hybridized carbons (Fsp3) is 0.944. The fourth-order valence-corrected chi connectivity index (χ4v) is 3.66. The molecule has 2 saturated heterocycles. The van der Waals surface area contributed by atoms with Crippen LogP contribution in [0.4, 0.5) is 0 Å². The van der Waals surface area contributed by atoms with E-state index in [2.05, 4.69) is 27.7 Å². The minimum absolute atomic E-state index is 0.0172. The topological polar surface area (TPSA) is 51.4 Å². The summed E-state index contributed by atoms with van der Waals surface area (Å²) in [7, 11) is 0. The molecule has 0 aromatic heterocycles. The van der Waals surface area contributed by atoms with Gasteiger partial charge in [0.1, 0.15) is 0 Å². The van der Waals surface area contributed by atoms with E-state index in [1.54, 1.807) is 0 Å². The Bertz CT molecular complexity index is 433. The summed E-state index contributed by atoms with van der Waals surface area (Å²) in [5.74, 6) is 0.613. The first kappa shape index (κ1) is 16.3. The number of esters is 1. The van der Waals surface area contributed by atoms with Crippen molar-refractivity contribution in [3.05, 3.63) is 0 Å². The van der Waals surface area contributed by atoms with Gasteiger partial charge in [-0.05, 0) is 65.2 Å². The van der Waals surface area contributed by atoms with Crippen molar-refractivity contribution in [2.75, 3.05) is 6.61 Å². The van der Waals surface area contributed by atoms with Crippen LogP contribution >= 0.6 is 0 Å². The van der Waals surface area contributed by atoms with Gasteiger partial charge in [0.2, 0.25) is 0 Å². The average Bonchev–Trinajstić information content (AvgIpc) is 3.29. The lowest BCUT2D eigenvalue weighted by molar-refractivity contribution is -0.149. The Morgan fingerprint density at radius 3 is 2.64 bits per heavy atom. The lowest BCUT2D eigenvalue weighted by Gasteiger charge is -2.21. The van der Waals surface area contributed by atoms with Crippen molar-refractivity contribution in [1.82, 2.24) is 0 Å². The molecule has 0 radical (unpaired) electrons. The summed E-state index contributed by atoms with van der Waals surface area (Å²) in [6.07, 6.45) is 6.67. The Morgan fingerprint density at radius 2 is 2.00 bits per heavy atom. The molecule has 2 heterocycles. The molecule has 4 heteroatoms. The zero-order chi connectivity index (χ0) is 16.0. The van der Waals surface area contributed by atoms with Gasteiger partial charge in [-0.3, -0.25) is 4.79 Å². The zero-order valence-corrected chi connectivity index (χ0v) is 14.4. The second-order valence-electron chi connectivity index (χ2n) is 8.24. The van der Waals surface area contributed by atoms with E-state index < -0.39 is 0 Å². The van der Waals surface area contributed by atoms with Gasteiger partial charge < -0.3 is 14.2 Å². The number of epoxide rings is 2. The number of carbonyl (C=O) groups is 1. The smallest absolute Gasteiger partial charge is 0.309 e. The Labute approximate surface area is 133 Å². The molecule has 0 spiro atoms. The van der Waals surface area contributed by atoms with E-state index in [1.165, 1.54) is 0 Å². The second kappa shape index (κ2) is 5.79. The van der Waals surface area contributed by atoms with Crippen molar-refractivity contribution >= 4 is 5.97 Å². The molecule has 5 unspecified atom stereocenters. The molecule has 0 aromatic carbocycles. The van der Waals surface area contributed by atoms with Crippen LogP contribution < -0.4 is 0 Å². The van der Waals surface area contributed by atoms with Crippen LogP contribution in [0.3, 0.4) is 0 Å². The third kappa shape index (κ3) is 3.65. The molecule has 4 nitrogen and oxygen atoms in total. The van der Waals surface area contributed by atoms with Crippen LogP contribution in [0.5, 0.6) is 0 Å². The van der Waals surface area contributed by atoms with E-state index in [9.17, 15) is 4.79 Å². The number of rotatable bonds is 7. The van der Waals surface area contributed by atoms with E-state index >= 15 is 0 Å². The summed E-state index contributed by atoms with van der Waals surface area (Å²) in [4.78, 5) is 12.1. The highest BCUT2D eigenvalue weighted by Crippen LogP contribution is 2.49. The monoisotopic (exact) mass is 310 g/mol. The predicted octanol–water partition coefficient (Wildman–Crippen LogP) is 3.47. The first-order valence-electron chi connectivity index (χ1n) is 8.82. The van der Waals surface area contributed by atoms with Crippen molar-refractivity contribution in [2.24, 2.45) is 11.8 Å². The lowest BCUT2D eigenvalue weighted by Crippen LogP contribution is -2.28. The largest absolute Gasteiger partial charge is 0.465 e. The van der Waals surface area contributed by atoms with Crippen molar-refractivity contribution in [2.45, 2.75) is 89.6 Å². The van der Waals surface area contributed by atoms with Gasteiger partial charge >= 0.3 is 5.97 Å². The molecule has 1 aliphatic carbocycles. The molecule has 1 saturated carbocycles. The van der Waals surface area contributed by atoms with Crippen molar-refractivity contribution in [1.29, 1.82) is 0 Å². The van der Waals surface area contributed by atoms with Crippen molar-refractivity contribution in [3.63, 3.8) is 0 Å². The molecule has 0 amide bonds. The molecule has 0 aromatic rings. The molecule has 3 rings (SSSR count). The molecule has 3 aliphatic rings. The van der Waals surface area contributed by atoms with E-state index in [0.29, 0.717) is 24.7 Å². The van der Waals surface area contributed by atoms with Gasteiger partial charge in [-0.15, -0.1) is 0 Å². The highest BCUT2D eigenvalue weighted by Gasteiger charge is 2.56. The third-order valence-corrected chi connectivity index (χ3v) is 5.80. The molecule has 3 fully saturated rings. The maximum absolute atomic E-state index is 12.1. The molecule has 126 valence electrons. The number of hydrogen-bond acceptors (Lipinski definition) is 4. The van der Waals surface area contributed by atoms with Gasteiger partial charge in [-0.2, -0.15) is 0 Å². The van der Waals surface area contributed by atoms with Gasteiger partial charge in [0, 0.05) is 0 Å². The predicted molar refractivity (Wildman–Crippen MR) is 83.5 cm³/mol. The van der Waals surface area contributed by atoms with E-state index in [0.717, 1.165) is 38.5 Å². The van der Waals surface area contributed by atoms with E-state index in [4.69, 9.17) is 14.2 Å². The van der Waals surface area contributed by atoms with Crippen LogP contribution in [-0.2, 0) is 19.0 Å². The summed E-state index contributed by atoms with van der Waals surface area (Å²) in [5, 5.41) is 0. The Morgan fingerprint density at radius 1 is 1.27 bits per heavy atom. The molecular formula is C18H30O4. The minimum Gasteiger partial charge on any atom is -0.465 e. The highest BCUT2D eigenvalue weighted by molar-refractivity contribution is 5.72. The zero-order valence-electron chi connectivity index (χ0n) is 14.4. The number of carbonyl (C=O) groups excluding carboxylic acids is 1. The van der Waals surface area contributed by atoms with Crippen LogP contribution in [0.2, 0.25) is 0 Å². The molecule has 22 heavy (non-hydrogen) atoms. The summed E-state index contributed by atoms with van der Waals surface area (Å²) < 4.78 is 16.7. The number of hydrogen-bond donors (Lipinski definition) is 0. The lowest BCUT2D eigenvalue weighted by atomic mass is 9.83. The van der Waals surface area contributed by atoms with Gasteiger partial charge in [-0.25, -0.2) is 0 Å². The van der Waals surface area contributed by atoms with Gasteiger partial charge in [-0.1, -0.05) is 6.92 Å². The van der Waals surface area contributed by atoms with Gasteiger partial charge in [0.15, 0.2) is 0 Å². The van der Waals surface area contributed by atoms with Crippen LogP contribution in [0.15, 0.2) is 0 Å². The third-order valence-electron chi connectivity index (χ3n) is 5.80. The minimum atomic E-state index is -0.0172. The summed E-state index contributed by atoms with van der Waals surface area (Å²) >= 11 is 0. The van der Waals surface area contributed by atoms with Crippen molar-refractivity contribution in [3.8, 4) is 0 Å². The van der Waals surface area contributed by atoms with E-state index in [1.807, 2.05) is 0 Å². The van der Waals surface area contributed by atoms with Crippen LogP contribution in [0.1, 0.15) is 66.2 Å². The van der Waals surface area contributed by atoms with Crippen LogP contribution in [-0.4, -0.2) is 36.0 Å². The van der Waals surface area contributed by atoms with Crippen LogP contribution in [0.25, 0.3) is 0 Å². The number of fused-ring (bicyclic) bond motifs is 1. The first-order chi connectivity index (χ1) is 10.3. The molecule has 2 aliphatic heterocycles. The van der Waals surface area contributed by atoms with E-state index in [-0.39, 0.29) is 23.1 Å².